The van der Waals surface area contributed by atoms with Gasteiger partial charge in [-0.3, -0.25) is 0 Å². The maximum Gasteiger partial charge on any atom is 0.167 e. The van der Waals surface area contributed by atoms with E-state index in [-0.39, 0.29) is 0 Å². The summed E-state index contributed by atoms with van der Waals surface area (Å²) in [5.41, 5.74) is 2.84. The van der Waals surface area contributed by atoms with Crippen molar-refractivity contribution in [2.24, 2.45) is 0 Å². The smallest absolute Gasteiger partial charge is 0.167 e. The van der Waals surface area contributed by atoms with Crippen molar-refractivity contribution >= 4 is 0 Å². The van der Waals surface area contributed by atoms with Gasteiger partial charge in [-0.05, 0) is 61.4 Å². The first-order valence-electron chi connectivity index (χ1n) is 14.7. The highest BCUT2D eigenvalue weighted by molar-refractivity contribution is 5.67. The predicted octanol–water partition coefficient (Wildman–Crippen LogP) is 10.3. The number of aromatic nitrogens is 1. The van der Waals surface area contributed by atoms with Crippen molar-refractivity contribution in [3.63, 3.8) is 0 Å². The van der Waals surface area contributed by atoms with Crippen molar-refractivity contribution in [1.29, 1.82) is 0 Å². The van der Waals surface area contributed by atoms with Crippen molar-refractivity contribution < 1.29 is 14.0 Å². The van der Waals surface area contributed by atoms with Gasteiger partial charge in [0.2, 0.25) is 0 Å². The van der Waals surface area contributed by atoms with Gasteiger partial charge in [-0.1, -0.05) is 96.1 Å². The first-order valence-corrected chi connectivity index (χ1v) is 14.7. The molecule has 202 valence electrons. The molecule has 0 radical (unpaired) electrons. The lowest BCUT2D eigenvalue weighted by Gasteiger charge is -2.07. The number of ether oxygens (including phenoxy) is 2. The highest BCUT2D eigenvalue weighted by Crippen LogP contribution is 2.28. The normalized spacial score (nSPS) is 11.1. The van der Waals surface area contributed by atoms with Crippen molar-refractivity contribution in [2.45, 2.75) is 104 Å². The van der Waals surface area contributed by atoms with Crippen LogP contribution in [0.4, 0.5) is 0 Å². The summed E-state index contributed by atoms with van der Waals surface area (Å²) in [6.45, 7) is 6.07. The Kier molecular flexibility index (Phi) is 13.8. The van der Waals surface area contributed by atoms with Gasteiger partial charge in [-0.25, -0.2) is 0 Å². The third kappa shape index (κ3) is 11.0. The number of rotatable bonds is 20. The third-order valence-corrected chi connectivity index (χ3v) is 6.83. The molecule has 4 nitrogen and oxygen atoms in total. The Bertz CT molecular complexity index is 884. The van der Waals surface area contributed by atoms with Gasteiger partial charge >= 0.3 is 0 Å². The highest BCUT2D eigenvalue weighted by Gasteiger charge is 2.09. The summed E-state index contributed by atoms with van der Waals surface area (Å²) < 4.78 is 17.5. The van der Waals surface area contributed by atoms with E-state index in [1.54, 1.807) is 0 Å². The van der Waals surface area contributed by atoms with E-state index in [0.717, 1.165) is 60.1 Å². The zero-order valence-corrected chi connectivity index (χ0v) is 23.2. The summed E-state index contributed by atoms with van der Waals surface area (Å²) >= 11 is 0. The van der Waals surface area contributed by atoms with E-state index >= 15 is 0 Å². The summed E-state index contributed by atoms with van der Waals surface area (Å²) in [4.78, 5) is 0. The molecule has 0 aliphatic heterocycles. The predicted molar refractivity (Wildman–Crippen MR) is 154 cm³/mol. The lowest BCUT2D eigenvalue weighted by molar-refractivity contribution is 0.304. The molecule has 37 heavy (non-hydrogen) atoms. The quantitative estimate of drug-likeness (QED) is 0.143. The van der Waals surface area contributed by atoms with Gasteiger partial charge in [0.1, 0.15) is 17.2 Å². The molecule has 4 heteroatoms. The van der Waals surface area contributed by atoms with Crippen molar-refractivity contribution in [1.82, 2.24) is 5.16 Å². The van der Waals surface area contributed by atoms with Gasteiger partial charge < -0.3 is 14.0 Å². The molecule has 0 fully saturated rings. The second-order valence-corrected chi connectivity index (χ2v) is 10.1. The highest BCUT2D eigenvalue weighted by atomic mass is 16.5. The van der Waals surface area contributed by atoms with Crippen LogP contribution < -0.4 is 9.47 Å². The first-order chi connectivity index (χ1) is 18.3. The molecule has 0 saturated carbocycles. The van der Waals surface area contributed by atoms with Crippen LogP contribution in [0.25, 0.3) is 22.6 Å². The SMILES string of the molecule is CCCCCCCCCOc1ccc(-c2cc(-c3ccc(OCCCCCCCCC)cc3)on2)cc1. The molecule has 1 aromatic heterocycles. The van der Waals surface area contributed by atoms with Crippen molar-refractivity contribution in [3.05, 3.63) is 54.6 Å². The average Bonchev–Trinajstić information content (AvgIpc) is 3.43. The largest absolute Gasteiger partial charge is 0.494 e. The number of benzene rings is 2. The summed E-state index contributed by atoms with van der Waals surface area (Å²) in [7, 11) is 0. The van der Waals surface area contributed by atoms with Crippen LogP contribution in [0.3, 0.4) is 0 Å². The number of hydrogen-bond donors (Lipinski definition) is 0. The van der Waals surface area contributed by atoms with Crippen LogP contribution in [0.1, 0.15) is 104 Å². The van der Waals surface area contributed by atoms with Gasteiger partial charge in [0.05, 0.1) is 13.2 Å². The van der Waals surface area contributed by atoms with Crippen molar-refractivity contribution in [2.75, 3.05) is 13.2 Å². The minimum Gasteiger partial charge on any atom is -0.494 e. The molecular formula is C33H47NO3. The van der Waals surface area contributed by atoms with Gasteiger partial charge in [-0.15, -0.1) is 0 Å². The molecule has 0 atom stereocenters. The second kappa shape index (κ2) is 17.7. The Balaban J connectivity index is 1.37. The lowest BCUT2D eigenvalue weighted by Crippen LogP contribution is -1.97. The Morgan fingerprint density at radius 3 is 1.46 bits per heavy atom. The molecule has 3 aromatic rings. The fourth-order valence-electron chi connectivity index (χ4n) is 4.48. The molecule has 0 aliphatic carbocycles. The van der Waals surface area contributed by atoms with Crippen LogP contribution in [-0.2, 0) is 0 Å². The molecular weight excluding hydrogens is 458 g/mol. The number of nitrogens with zero attached hydrogens (tertiary/aromatic N) is 1. The van der Waals surface area contributed by atoms with E-state index in [1.165, 1.54) is 77.0 Å². The zero-order chi connectivity index (χ0) is 26.0. The molecule has 0 unspecified atom stereocenters. The standard InChI is InChI=1S/C33H47NO3/c1-3-5-7-9-11-13-15-25-35-30-21-17-28(18-22-30)32-27-33(37-34-32)29-19-23-31(24-20-29)36-26-16-14-12-10-8-6-4-2/h17-24,27H,3-16,25-26H2,1-2H3. The van der Waals surface area contributed by atoms with E-state index in [0.29, 0.717) is 0 Å². The van der Waals surface area contributed by atoms with Gasteiger partial charge in [0, 0.05) is 17.2 Å². The maximum absolute atomic E-state index is 5.92. The minimum absolute atomic E-state index is 0.757. The molecule has 0 N–H and O–H groups in total. The Morgan fingerprint density at radius 2 is 0.973 bits per heavy atom. The van der Waals surface area contributed by atoms with E-state index in [4.69, 9.17) is 14.0 Å². The van der Waals surface area contributed by atoms with Crippen LogP contribution in [0.15, 0.2) is 59.1 Å². The molecule has 0 bridgehead atoms. The summed E-state index contributed by atoms with van der Waals surface area (Å²) in [6.07, 6.45) is 18.1. The Morgan fingerprint density at radius 1 is 0.541 bits per heavy atom. The average molecular weight is 506 g/mol. The topological polar surface area (TPSA) is 44.5 Å². The third-order valence-electron chi connectivity index (χ3n) is 6.83. The van der Waals surface area contributed by atoms with E-state index in [2.05, 4.69) is 19.0 Å². The minimum atomic E-state index is 0.757. The Labute approximate surface area is 224 Å². The van der Waals surface area contributed by atoms with Gasteiger partial charge in [0.25, 0.3) is 0 Å². The van der Waals surface area contributed by atoms with Crippen LogP contribution in [-0.4, -0.2) is 18.4 Å². The summed E-state index contributed by atoms with van der Waals surface area (Å²) in [6, 6.07) is 18.2. The Hall–Kier alpha value is -2.75. The van der Waals surface area contributed by atoms with E-state index < -0.39 is 0 Å². The van der Waals surface area contributed by atoms with Crippen LogP contribution >= 0.6 is 0 Å². The van der Waals surface area contributed by atoms with E-state index in [1.807, 2.05) is 54.6 Å². The maximum atomic E-state index is 5.92. The molecule has 0 spiro atoms. The van der Waals surface area contributed by atoms with Crippen LogP contribution in [0.5, 0.6) is 11.5 Å². The summed E-state index contributed by atoms with van der Waals surface area (Å²) in [5, 5.41) is 4.28. The molecule has 0 saturated heterocycles. The number of hydrogen-bond acceptors (Lipinski definition) is 4. The fourth-order valence-corrected chi connectivity index (χ4v) is 4.48. The molecule has 0 aliphatic rings. The van der Waals surface area contributed by atoms with Crippen LogP contribution in [0, 0.1) is 0 Å². The van der Waals surface area contributed by atoms with Gasteiger partial charge in [0.15, 0.2) is 5.76 Å². The van der Waals surface area contributed by atoms with Crippen molar-refractivity contribution in [3.8, 4) is 34.1 Å². The second-order valence-electron chi connectivity index (χ2n) is 10.1. The summed E-state index contributed by atoms with van der Waals surface area (Å²) in [5.74, 6) is 2.57. The van der Waals surface area contributed by atoms with Gasteiger partial charge in [-0.2, -0.15) is 0 Å². The van der Waals surface area contributed by atoms with E-state index in [9.17, 15) is 0 Å². The first kappa shape index (κ1) is 28.8. The molecule has 1 heterocycles. The monoisotopic (exact) mass is 505 g/mol. The van der Waals surface area contributed by atoms with Crippen LogP contribution in [0.2, 0.25) is 0 Å². The molecule has 0 amide bonds. The number of unbranched alkanes of at least 4 members (excludes halogenated alkanes) is 12. The molecule has 2 aromatic carbocycles. The zero-order valence-electron chi connectivity index (χ0n) is 23.2. The fraction of sp³-hybridized carbons (Fsp3) is 0.545. The molecule has 3 rings (SSSR count). The lowest BCUT2D eigenvalue weighted by atomic mass is 10.1.